The highest BCUT2D eigenvalue weighted by Crippen LogP contribution is 2.13. The van der Waals surface area contributed by atoms with Crippen molar-refractivity contribution in [3.05, 3.63) is 30.3 Å². The maximum absolute atomic E-state index is 5.54. The summed E-state index contributed by atoms with van der Waals surface area (Å²) >= 11 is 0. The van der Waals surface area contributed by atoms with Gasteiger partial charge in [0.1, 0.15) is 0 Å². The molecule has 0 amide bonds. The molecule has 0 saturated carbocycles. The Balaban J connectivity index is 2.88. The molecular weight excluding hydrogens is 212 g/mol. The van der Waals surface area contributed by atoms with E-state index in [9.17, 15) is 0 Å². The van der Waals surface area contributed by atoms with Gasteiger partial charge < -0.3 is 4.90 Å². The van der Waals surface area contributed by atoms with Crippen LogP contribution in [0.1, 0.15) is 20.8 Å². The van der Waals surface area contributed by atoms with Gasteiger partial charge in [0.05, 0.1) is 5.69 Å². The zero-order valence-corrected chi connectivity index (χ0v) is 11.0. The molecule has 0 bridgehead atoms. The van der Waals surface area contributed by atoms with Crippen LogP contribution in [0.4, 0.5) is 5.69 Å². The Hall–Kier alpha value is -1.55. The minimum atomic E-state index is 0.369. The molecule has 0 aliphatic rings. The first-order chi connectivity index (χ1) is 8.06. The molecule has 4 heteroatoms. The number of benzene rings is 1. The van der Waals surface area contributed by atoms with Gasteiger partial charge in [-0.3, -0.25) is 5.43 Å². The Morgan fingerprint density at radius 1 is 1.24 bits per heavy atom. The molecule has 17 heavy (non-hydrogen) atoms. The van der Waals surface area contributed by atoms with E-state index in [4.69, 9.17) is 5.84 Å². The van der Waals surface area contributed by atoms with Crippen molar-refractivity contribution in [1.82, 2.24) is 10.3 Å². The minimum Gasteiger partial charge on any atom is -0.342 e. The number of nitrogens with two attached hydrogens (primary N) is 1. The van der Waals surface area contributed by atoms with Crippen molar-refractivity contribution in [3.63, 3.8) is 0 Å². The molecule has 1 aromatic carbocycles. The highest BCUT2D eigenvalue weighted by Gasteiger charge is 2.16. The van der Waals surface area contributed by atoms with E-state index >= 15 is 0 Å². The van der Waals surface area contributed by atoms with E-state index in [1.54, 1.807) is 0 Å². The van der Waals surface area contributed by atoms with Crippen LogP contribution >= 0.6 is 0 Å². The van der Waals surface area contributed by atoms with Crippen molar-refractivity contribution in [3.8, 4) is 0 Å². The second-order valence-electron chi connectivity index (χ2n) is 4.51. The summed E-state index contributed by atoms with van der Waals surface area (Å²) in [6.07, 6.45) is 0. The van der Waals surface area contributed by atoms with Gasteiger partial charge in [-0.25, -0.2) is 10.8 Å². The van der Waals surface area contributed by atoms with Crippen molar-refractivity contribution >= 4 is 11.6 Å². The largest absolute Gasteiger partial charge is 0.342 e. The highest BCUT2D eigenvalue weighted by atomic mass is 15.4. The number of rotatable bonds is 3. The molecule has 1 atom stereocenters. The van der Waals surface area contributed by atoms with E-state index < -0.39 is 0 Å². The molecule has 1 aromatic rings. The van der Waals surface area contributed by atoms with Crippen molar-refractivity contribution in [2.45, 2.75) is 26.8 Å². The Morgan fingerprint density at radius 3 is 2.29 bits per heavy atom. The van der Waals surface area contributed by atoms with Crippen molar-refractivity contribution in [1.29, 1.82) is 0 Å². The number of guanidine groups is 1. The van der Waals surface area contributed by atoms with E-state index in [0.717, 1.165) is 5.69 Å². The van der Waals surface area contributed by atoms with E-state index in [1.165, 1.54) is 0 Å². The Morgan fingerprint density at radius 2 is 1.82 bits per heavy atom. The van der Waals surface area contributed by atoms with E-state index in [1.807, 2.05) is 37.4 Å². The topological polar surface area (TPSA) is 53.6 Å². The van der Waals surface area contributed by atoms with Crippen LogP contribution in [0.3, 0.4) is 0 Å². The molecule has 0 saturated heterocycles. The van der Waals surface area contributed by atoms with Gasteiger partial charge in [-0.15, -0.1) is 0 Å². The average Bonchev–Trinajstić information content (AvgIpc) is 2.35. The van der Waals surface area contributed by atoms with E-state index in [-0.39, 0.29) is 0 Å². The average molecular weight is 234 g/mol. The molecule has 0 heterocycles. The zero-order chi connectivity index (χ0) is 12.8. The third-order valence-electron chi connectivity index (χ3n) is 3.03. The highest BCUT2D eigenvalue weighted by molar-refractivity contribution is 5.82. The van der Waals surface area contributed by atoms with Crippen molar-refractivity contribution in [2.75, 3.05) is 7.05 Å². The number of hydrogen-bond acceptors (Lipinski definition) is 2. The first kappa shape index (κ1) is 13.5. The lowest BCUT2D eigenvalue weighted by Crippen LogP contribution is -2.48. The summed E-state index contributed by atoms with van der Waals surface area (Å²) in [5.41, 5.74) is 3.55. The second kappa shape index (κ2) is 6.25. The van der Waals surface area contributed by atoms with Crippen LogP contribution in [0.2, 0.25) is 0 Å². The molecule has 0 aromatic heterocycles. The fourth-order valence-electron chi connectivity index (χ4n) is 1.48. The van der Waals surface area contributed by atoms with E-state index in [2.05, 4.69) is 36.1 Å². The third kappa shape index (κ3) is 3.75. The first-order valence-electron chi connectivity index (χ1n) is 5.89. The fourth-order valence-corrected chi connectivity index (χ4v) is 1.48. The minimum absolute atomic E-state index is 0.369. The Kier molecular flexibility index (Phi) is 4.97. The Labute approximate surface area is 104 Å². The van der Waals surface area contributed by atoms with Crippen molar-refractivity contribution < 1.29 is 0 Å². The molecule has 0 radical (unpaired) electrons. The predicted molar refractivity (Wildman–Crippen MR) is 72.9 cm³/mol. The summed E-state index contributed by atoms with van der Waals surface area (Å²) in [7, 11) is 1.99. The first-order valence-corrected chi connectivity index (χ1v) is 5.89. The lowest BCUT2D eigenvalue weighted by atomic mass is 10.1. The summed E-state index contributed by atoms with van der Waals surface area (Å²) in [6.45, 7) is 6.51. The standard InChI is InChI=1S/C13H22N4/c1-10(2)11(3)17(4)13(16-14)15-12-8-6-5-7-9-12/h5-11H,14H2,1-4H3,(H,15,16). The monoisotopic (exact) mass is 234 g/mol. The summed E-state index contributed by atoms with van der Waals surface area (Å²) in [6, 6.07) is 10.1. The molecule has 0 fully saturated rings. The third-order valence-corrected chi connectivity index (χ3v) is 3.03. The van der Waals surface area contributed by atoms with Gasteiger partial charge in [-0.2, -0.15) is 0 Å². The van der Waals surface area contributed by atoms with Crippen molar-refractivity contribution in [2.24, 2.45) is 16.8 Å². The van der Waals surface area contributed by atoms with E-state index in [0.29, 0.717) is 17.9 Å². The zero-order valence-electron chi connectivity index (χ0n) is 11.0. The number of para-hydroxylation sites is 1. The molecule has 0 spiro atoms. The summed E-state index contributed by atoms with van der Waals surface area (Å²) in [4.78, 5) is 6.54. The van der Waals surface area contributed by atoms with Gasteiger partial charge in [0.2, 0.25) is 5.96 Å². The van der Waals surface area contributed by atoms with Crippen LogP contribution in [0.15, 0.2) is 35.3 Å². The number of aliphatic imine (C=N–C) groups is 1. The van der Waals surface area contributed by atoms with Gasteiger partial charge in [-0.1, -0.05) is 32.0 Å². The van der Waals surface area contributed by atoms with Crippen LogP contribution in [0.25, 0.3) is 0 Å². The maximum Gasteiger partial charge on any atom is 0.213 e. The molecular formula is C13H22N4. The number of nitrogens with one attached hydrogen (secondary N) is 1. The Bertz CT molecular complexity index is 359. The number of hydrogen-bond donors (Lipinski definition) is 2. The molecule has 1 rings (SSSR count). The molecule has 1 unspecified atom stereocenters. The summed E-state index contributed by atoms with van der Waals surface area (Å²) < 4.78 is 0. The lowest BCUT2D eigenvalue weighted by Gasteiger charge is -2.30. The van der Waals surface area contributed by atoms with Crippen LogP contribution in [-0.2, 0) is 0 Å². The molecule has 0 aliphatic heterocycles. The van der Waals surface area contributed by atoms with Crippen LogP contribution < -0.4 is 11.3 Å². The van der Waals surface area contributed by atoms with Gasteiger partial charge in [0.15, 0.2) is 0 Å². The normalized spacial score (nSPS) is 13.6. The predicted octanol–water partition coefficient (Wildman–Crippen LogP) is 2.11. The maximum atomic E-state index is 5.54. The smallest absolute Gasteiger partial charge is 0.213 e. The number of hydrazine groups is 1. The molecule has 94 valence electrons. The van der Waals surface area contributed by atoms with Gasteiger partial charge >= 0.3 is 0 Å². The van der Waals surface area contributed by atoms with Gasteiger partial charge in [0, 0.05) is 13.1 Å². The lowest BCUT2D eigenvalue weighted by molar-refractivity contribution is 0.301. The fraction of sp³-hybridized carbons (Fsp3) is 0.462. The quantitative estimate of drug-likeness (QED) is 0.364. The molecule has 3 N–H and O–H groups in total. The number of nitrogens with zero attached hydrogens (tertiary/aromatic N) is 2. The summed E-state index contributed by atoms with van der Waals surface area (Å²) in [5.74, 6) is 6.75. The van der Waals surface area contributed by atoms with Crippen LogP contribution in [0.5, 0.6) is 0 Å². The van der Waals surface area contributed by atoms with Crippen LogP contribution in [0, 0.1) is 5.92 Å². The summed E-state index contributed by atoms with van der Waals surface area (Å²) in [5, 5.41) is 0. The molecule has 4 nitrogen and oxygen atoms in total. The second-order valence-corrected chi connectivity index (χ2v) is 4.51. The molecule has 0 aliphatic carbocycles. The SMILES string of the molecule is CC(C)C(C)N(C)C(=Nc1ccccc1)NN. The van der Waals surface area contributed by atoms with Crippen LogP contribution in [-0.4, -0.2) is 23.9 Å². The van der Waals surface area contributed by atoms with Gasteiger partial charge in [-0.05, 0) is 25.0 Å². The van der Waals surface area contributed by atoms with Gasteiger partial charge in [0.25, 0.3) is 0 Å².